The van der Waals surface area contributed by atoms with Crippen LogP contribution in [0.25, 0.3) is 0 Å². The second-order valence-electron chi connectivity index (χ2n) is 5.10. The summed E-state index contributed by atoms with van der Waals surface area (Å²) in [7, 11) is -3.03. The molecule has 1 saturated heterocycles. The van der Waals surface area contributed by atoms with E-state index in [-0.39, 0.29) is 30.0 Å². The Labute approximate surface area is 143 Å². The van der Waals surface area contributed by atoms with Crippen LogP contribution < -0.4 is 15.8 Å². The van der Waals surface area contributed by atoms with Crippen molar-refractivity contribution in [3.05, 3.63) is 28.7 Å². The van der Waals surface area contributed by atoms with Gasteiger partial charge in [0, 0.05) is 10.9 Å². The molecule has 0 unspecified atom stereocenters. The van der Waals surface area contributed by atoms with Crippen LogP contribution in [0, 0.1) is 0 Å². The third kappa shape index (κ3) is 5.51. The van der Waals surface area contributed by atoms with E-state index in [0.29, 0.717) is 6.42 Å². The Balaban J connectivity index is 2.08. The summed E-state index contributed by atoms with van der Waals surface area (Å²) in [5.74, 6) is -0.338. The summed E-state index contributed by atoms with van der Waals surface area (Å²) in [6.07, 6.45) is 0.463. The Kier molecular flexibility index (Phi) is 6.00. The Morgan fingerprint density at radius 1 is 1.39 bits per heavy atom. The van der Waals surface area contributed by atoms with E-state index in [0.717, 1.165) is 10.2 Å². The van der Waals surface area contributed by atoms with Gasteiger partial charge in [0.15, 0.2) is 9.84 Å². The maximum atomic E-state index is 12.0. The summed E-state index contributed by atoms with van der Waals surface area (Å²) in [5.41, 5.74) is 6.40. The molecule has 7 nitrogen and oxygen atoms in total. The van der Waals surface area contributed by atoms with Crippen LogP contribution in [-0.4, -0.2) is 44.4 Å². The van der Waals surface area contributed by atoms with Crippen LogP contribution in [0.5, 0.6) is 0 Å². The molecule has 0 aliphatic carbocycles. The van der Waals surface area contributed by atoms with Crippen LogP contribution in [0.3, 0.4) is 0 Å². The molecule has 0 bridgehead atoms. The molecule has 9 heteroatoms. The third-order valence-corrected chi connectivity index (χ3v) is 5.53. The molecular formula is C14H19BrN3O4S+. The van der Waals surface area contributed by atoms with Crippen molar-refractivity contribution in [1.82, 2.24) is 5.43 Å². The van der Waals surface area contributed by atoms with E-state index in [4.69, 9.17) is 4.74 Å². The predicted molar refractivity (Wildman–Crippen MR) is 90.6 cm³/mol. The fourth-order valence-corrected chi connectivity index (χ4v) is 4.07. The second-order valence-corrected chi connectivity index (χ2v) is 8.24. The molecule has 3 N–H and O–H groups in total. The zero-order valence-corrected chi connectivity index (χ0v) is 15.0. The van der Waals surface area contributed by atoms with Crippen LogP contribution >= 0.6 is 15.9 Å². The summed E-state index contributed by atoms with van der Waals surface area (Å²) in [4.78, 5) is 14.9. The lowest BCUT2D eigenvalue weighted by molar-refractivity contribution is -0.497. The largest absolute Gasteiger partial charge is 0.457 e. The molecule has 1 aliphatic rings. The van der Waals surface area contributed by atoms with Crippen molar-refractivity contribution in [2.45, 2.75) is 19.4 Å². The zero-order chi connectivity index (χ0) is 16.9. The van der Waals surface area contributed by atoms with Crippen LogP contribution in [0.1, 0.15) is 13.3 Å². The number of amidine groups is 1. The molecule has 126 valence electrons. The summed E-state index contributed by atoms with van der Waals surface area (Å²) >= 11 is 3.34. The highest BCUT2D eigenvalue weighted by Crippen LogP contribution is 2.13. The van der Waals surface area contributed by atoms with E-state index < -0.39 is 15.8 Å². The van der Waals surface area contributed by atoms with Gasteiger partial charge in [0.1, 0.15) is 6.04 Å². The van der Waals surface area contributed by atoms with Gasteiger partial charge in [-0.05, 0) is 31.2 Å². The number of esters is 1. The minimum absolute atomic E-state index is 0.00979. The van der Waals surface area contributed by atoms with Crippen LogP contribution in [0.2, 0.25) is 0 Å². The van der Waals surface area contributed by atoms with E-state index in [1.807, 2.05) is 24.3 Å². The number of anilines is 1. The standard InChI is InChI=1S/C14H18BrN3O4S/c1-2-22-14(19)13(16-12-7-8-23(20,21)9-12)18-17-11-5-3-10(15)4-6-11/h3-6,12,17H,2,7-9H2,1H3,(H,16,18)/p+1/t12-/m1/s1. The highest BCUT2D eigenvalue weighted by Gasteiger charge is 2.31. The van der Waals surface area contributed by atoms with E-state index in [1.165, 1.54) is 0 Å². The second kappa shape index (κ2) is 7.78. The van der Waals surface area contributed by atoms with E-state index in [1.54, 1.807) is 6.92 Å². The molecular weight excluding hydrogens is 386 g/mol. The number of halogens is 1. The number of rotatable bonds is 4. The van der Waals surface area contributed by atoms with E-state index in [2.05, 4.69) is 31.8 Å². The molecule has 1 heterocycles. The molecule has 1 aromatic carbocycles. The van der Waals surface area contributed by atoms with Crippen LogP contribution in [-0.2, 0) is 19.4 Å². The van der Waals surface area contributed by atoms with Crippen molar-refractivity contribution >= 4 is 43.3 Å². The minimum Gasteiger partial charge on any atom is -0.457 e. The molecule has 0 radical (unpaired) electrons. The average molecular weight is 405 g/mol. The number of carbonyl (C=O) groups excluding carboxylic acids is 1. The first kappa shape index (κ1) is 17.7. The van der Waals surface area contributed by atoms with Crippen molar-refractivity contribution in [3.8, 4) is 0 Å². The molecule has 1 aliphatic heterocycles. The maximum Gasteiger partial charge on any atom is 0.423 e. The minimum atomic E-state index is -3.03. The SMILES string of the molecule is CCOC(=O)C(NNc1ccc(Br)cc1)=[NH+][C@@H]1CCS(=O)(=O)C1. The fourth-order valence-electron chi connectivity index (χ4n) is 2.13. The average Bonchev–Trinajstić information content (AvgIpc) is 2.84. The van der Waals surface area contributed by atoms with Crippen molar-refractivity contribution in [2.75, 3.05) is 23.5 Å². The summed E-state index contributed by atoms with van der Waals surface area (Å²) < 4.78 is 29.0. The molecule has 0 aromatic heterocycles. The highest BCUT2D eigenvalue weighted by molar-refractivity contribution is 9.10. The fraction of sp³-hybridized carbons (Fsp3) is 0.429. The number of ether oxygens (including phenoxy) is 1. The number of sulfone groups is 1. The number of hydrogen-bond acceptors (Lipinski definition) is 5. The lowest BCUT2D eigenvalue weighted by Crippen LogP contribution is -2.84. The van der Waals surface area contributed by atoms with Crippen molar-refractivity contribution < 1.29 is 22.9 Å². The van der Waals surface area contributed by atoms with Gasteiger partial charge < -0.3 is 4.74 Å². The molecule has 0 amide bonds. The van der Waals surface area contributed by atoms with Crippen LogP contribution in [0.15, 0.2) is 28.7 Å². The molecule has 1 atom stereocenters. The smallest absolute Gasteiger partial charge is 0.423 e. The van der Waals surface area contributed by atoms with Gasteiger partial charge in [-0.15, -0.1) is 0 Å². The van der Waals surface area contributed by atoms with Gasteiger partial charge in [0.25, 0.3) is 0 Å². The first-order valence-electron chi connectivity index (χ1n) is 7.18. The predicted octanol–water partition coefficient (Wildman–Crippen LogP) is -0.405. The van der Waals surface area contributed by atoms with Crippen LogP contribution in [0.4, 0.5) is 5.69 Å². The summed E-state index contributed by atoms with van der Waals surface area (Å²) in [6, 6.07) is 7.04. The molecule has 1 fully saturated rings. The lowest BCUT2D eigenvalue weighted by Gasteiger charge is -2.07. The third-order valence-electron chi connectivity index (χ3n) is 3.24. The van der Waals surface area contributed by atoms with E-state index >= 15 is 0 Å². The molecule has 23 heavy (non-hydrogen) atoms. The van der Waals surface area contributed by atoms with Crippen molar-refractivity contribution in [2.24, 2.45) is 0 Å². The quantitative estimate of drug-likeness (QED) is 0.273. The number of hydrogen-bond donors (Lipinski definition) is 3. The summed E-state index contributed by atoms with van der Waals surface area (Å²) in [6.45, 7) is 1.94. The van der Waals surface area contributed by atoms with Gasteiger partial charge in [-0.3, -0.25) is 4.99 Å². The summed E-state index contributed by atoms with van der Waals surface area (Å²) in [5, 5.41) is 0. The Hall–Kier alpha value is -1.61. The van der Waals surface area contributed by atoms with Gasteiger partial charge in [0.05, 0.1) is 23.8 Å². The van der Waals surface area contributed by atoms with E-state index in [9.17, 15) is 13.2 Å². The molecule has 2 rings (SSSR count). The Morgan fingerprint density at radius 3 is 2.65 bits per heavy atom. The highest BCUT2D eigenvalue weighted by atomic mass is 79.9. The van der Waals surface area contributed by atoms with Gasteiger partial charge in [-0.1, -0.05) is 15.9 Å². The van der Waals surface area contributed by atoms with Gasteiger partial charge in [0.2, 0.25) is 0 Å². The topological polar surface area (TPSA) is 98.5 Å². The number of hydrazine groups is 1. The normalized spacial score (nSPS) is 20.1. The monoisotopic (exact) mass is 404 g/mol. The maximum absolute atomic E-state index is 12.0. The number of nitrogens with one attached hydrogen (secondary N) is 3. The molecule has 0 spiro atoms. The molecule has 1 aromatic rings. The first-order valence-corrected chi connectivity index (χ1v) is 9.79. The Morgan fingerprint density at radius 2 is 2.09 bits per heavy atom. The van der Waals surface area contributed by atoms with Gasteiger partial charge >= 0.3 is 11.8 Å². The Bertz CT molecular complexity index is 688. The lowest BCUT2D eigenvalue weighted by atomic mass is 10.3. The van der Waals surface area contributed by atoms with Gasteiger partial charge in [-0.2, -0.15) is 5.43 Å². The molecule has 0 saturated carbocycles. The van der Waals surface area contributed by atoms with Crippen molar-refractivity contribution in [1.29, 1.82) is 0 Å². The first-order chi connectivity index (χ1) is 10.9. The van der Waals surface area contributed by atoms with Gasteiger partial charge in [-0.25, -0.2) is 18.6 Å². The zero-order valence-electron chi connectivity index (χ0n) is 12.6. The van der Waals surface area contributed by atoms with Crippen molar-refractivity contribution in [3.63, 3.8) is 0 Å². The number of benzene rings is 1. The number of carbonyl (C=O) groups is 1.